The van der Waals surface area contributed by atoms with Gasteiger partial charge in [-0.2, -0.15) is 5.26 Å². The van der Waals surface area contributed by atoms with Gasteiger partial charge in [-0.05, 0) is 29.3 Å². The average molecular weight is 317 g/mol. The lowest BCUT2D eigenvalue weighted by atomic mass is 9.88. The molecule has 6 heteroatoms. The molecule has 1 aliphatic rings. The van der Waals surface area contributed by atoms with Crippen molar-refractivity contribution in [1.82, 2.24) is 0 Å². The summed E-state index contributed by atoms with van der Waals surface area (Å²) in [4.78, 5) is 26.4. The normalized spacial score (nSPS) is 16.8. The zero-order chi connectivity index (χ0) is 17.1. The third kappa shape index (κ3) is 2.83. The van der Waals surface area contributed by atoms with Gasteiger partial charge in [0.15, 0.2) is 5.92 Å². The first-order valence-electron chi connectivity index (χ1n) is 7.14. The summed E-state index contributed by atoms with van der Waals surface area (Å²) >= 11 is 0. The predicted octanol–water partition coefficient (Wildman–Crippen LogP) is 3.15. The second-order valence-corrected chi connectivity index (χ2v) is 5.17. The van der Waals surface area contributed by atoms with Crippen molar-refractivity contribution in [3.8, 4) is 6.07 Å². The van der Waals surface area contributed by atoms with Gasteiger partial charge in [0.1, 0.15) is 0 Å². The minimum atomic E-state index is -0.950. The molecule has 24 heavy (non-hydrogen) atoms. The third-order valence-electron chi connectivity index (χ3n) is 3.69. The average Bonchev–Trinajstić information content (AvgIpc) is 2.62. The number of nitro groups is 1. The van der Waals surface area contributed by atoms with Gasteiger partial charge < -0.3 is 0 Å². The molecular weight excluding hydrogens is 306 g/mol. The molecule has 6 nitrogen and oxygen atoms in total. The molecule has 1 unspecified atom stereocenters. The Kier molecular flexibility index (Phi) is 4.00. The summed E-state index contributed by atoms with van der Waals surface area (Å²) in [6.45, 7) is 0. The number of allylic oxidation sites excluding steroid dienone is 1. The van der Waals surface area contributed by atoms with Gasteiger partial charge in [0.2, 0.25) is 0 Å². The van der Waals surface area contributed by atoms with Crippen molar-refractivity contribution < 1.29 is 9.72 Å². The number of hydrogen-bond acceptors (Lipinski definition) is 4. The fraction of sp³-hybridized carbons (Fsp3) is 0.0556. The molecule has 1 aliphatic heterocycles. The molecule has 0 spiro atoms. The monoisotopic (exact) mass is 317 g/mol. The Labute approximate surface area is 137 Å². The fourth-order valence-corrected chi connectivity index (χ4v) is 2.49. The number of benzene rings is 2. The maximum absolute atomic E-state index is 12.2. The molecule has 1 heterocycles. The highest BCUT2D eigenvalue weighted by atomic mass is 16.6. The molecule has 3 rings (SSSR count). The molecule has 2 aromatic rings. The first-order chi connectivity index (χ1) is 11.6. The molecular formula is C18H11N3O3. The van der Waals surface area contributed by atoms with Crippen LogP contribution in [0.4, 0.5) is 5.69 Å². The van der Waals surface area contributed by atoms with E-state index >= 15 is 0 Å². The van der Waals surface area contributed by atoms with Gasteiger partial charge in [0.25, 0.3) is 11.6 Å². The molecule has 0 radical (unpaired) electrons. The Hall–Kier alpha value is -3.59. The summed E-state index contributed by atoms with van der Waals surface area (Å²) in [5.41, 5.74) is 2.28. The Bertz CT molecular complexity index is 907. The molecule has 0 fully saturated rings. The van der Waals surface area contributed by atoms with E-state index in [1.54, 1.807) is 6.08 Å². The quantitative estimate of drug-likeness (QED) is 0.641. The molecule has 0 aliphatic carbocycles. The van der Waals surface area contributed by atoms with Crippen LogP contribution in [0.5, 0.6) is 0 Å². The Morgan fingerprint density at radius 2 is 1.71 bits per heavy atom. The predicted molar refractivity (Wildman–Crippen MR) is 88.2 cm³/mol. The van der Waals surface area contributed by atoms with E-state index < -0.39 is 16.7 Å². The largest absolute Gasteiger partial charge is 0.271 e. The lowest BCUT2D eigenvalue weighted by Crippen LogP contribution is -2.20. The zero-order valence-electron chi connectivity index (χ0n) is 12.4. The van der Waals surface area contributed by atoms with Crippen LogP contribution in [0.25, 0.3) is 5.57 Å². The van der Waals surface area contributed by atoms with Crippen molar-refractivity contribution in [3.63, 3.8) is 0 Å². The number of nitro benzene ring substituents is 1. The SMILES string of the molecule is N#CC1C(=O)N=C(c2ccc([N+](=O)[O-])cc2)C=C1c1ccccc1. The standard InChI is InChI=1S/C18H11N3O3/c19-11-16-15(12-4-2-1-3-5-12)10-17(20-18(16)22)13-6-8-14(9-7-13)21(23)24/h1-10,16H. The molecule has 1 amide bonds. The van der Waals surface area contributed by atoms with Gasteiger partial charge in [0, 0.05) is 17.7 Å². The summed E-state index contributed by atoms with van der Waals surface area (Å²) in [5, 5.41) is 20.0. The number of rotatable bonds is 3. The van der Waals surface area contributed by atoms with Crippen LogP contribution in [0.15, 0.2) is 65.7 Å². The molecule has 0 saturated heterocycles. The molecule has 0 aromatic heterocycles. The topological polar surface area (TPSA) is 96.4 Å². The van der Waals surface area contributed by atoms with Crippen molar-refractivity contribution >= 4 is 22.9 Å². The summed E-state index contributed by atoms with van der Waals surface area (Å²) in [5.74, 6) is -1.48. The number of hydrogen-bond donors (Lipinski definition) is 0. The minimum absolute atomic E-state index is 0.0383. The van der Waals surface area contributed by atoms with Crippen molar-refractivity contribution in [2.45, 2.75) is 0 Å². The second-order valence-electron chi connectivity index (χ2n) is 5.17. The minimum Gasteiger partial charge on any atom is -0.271 e. The molecule has 1 atom stereocenters. The van der Waals surface area contributed by atoms with E-state index in [-0.39, 0.29) is 5.69 Å². The van der Waals surface area contributed by atoms with Crippen LogP contribution < -0.4 is 0 Å². The van der Waals surface area contributed by atoms with E-state index in [9.17, 15) is 20.2 Å². The molecule has 0 N–H and O–H groups in total. The Morgan fingerprint density at radius 3 is 2.29 bits per heavy atom. The van der Waals surface area contributed by atoms with E-state index in [1.807, 2.05) is 36.4 Å². The Morgan fingerprint density at radius 1 is 1.04 bits per heavy atom. The van der Waals surface area contributed by atoms with Crippen molar-refractivity contribution in [3.05, 3.63) is 81.9 Å². The molecule has 2 aromatic carbocycles. The van der Waals surface area contributed by atoms with Gasteiger partial charge in [-0.15, -0.1) is 0 Å². The molecule has 0 bridgehead atoms. The highest BCUT2D eigenvalue weighted by molar-refractivity contribution is 6.21. The van der Waals surface area contributed by atoms with Crippen molar-refractivity contribution in [1.29, 1.82) is 5.26 Å². The van der Waals surface area contributed by atoms with Gasteiger partial charge in [-0.25, -0.2) is 4.99 Å². The maximum atomic E-state index is 12.2. The van der Waals surface area contributed by atoms with Crippen LogP contribution in [0.2, 0.25) is 0 Å². The zero-order valence-corrected chi connectivity index (χ0v) is 12.4. The van der Waals surface area contributed by atoms with E-state index in [0.717, 1.165) is 5.56 Å². The second kappa shape index (κ2) is 6.26. The van der Waals surface area contributed by atoms with E-state index in [1.165, 1.54) is 24.3 Å². The van der Waals surface area contributed by atoms with Crippen LogP contribution in [0, 0.1) is 27.4 Å². The first kappa shape index (κ1) is 15.3. The van der Waals surface area contributed by atoms with Crippen molar-refractivity contribution in [2.24, 2.45) is 10.9 Å². The lowest BCUT2D eigenvalue weighted by Gasteiger charge is -2.17. The number of amides is 1. The number of dihydropyridines is 1. The smallest absolute Gasteiger partial charge is 0.269 e. The van der Waals surface area contributed by atoms with Gasteiger partial charge in [-0.1, -0.05) is 30.3 Å². The number of carbonyl (C=O) groups is 1. The van der Waals surface area contributed by atoms with Gasteiger partial charge in [0.05, 0.1) is 16.7 Å². The van der Waals surface area contributed by atoms with Crippen LogP contribution >= 0.6 is 0 Å². The number of aliphatic imine (C=N–C) groups is 1. The first-order valence-corrected chi connectivity index (χ1v) is 7.14. The van der Waals surface area contributed by atoms with Crippen LogP contribution in [0.1, 0.15) is 11.1 Å². The fourth-order valence-electron chi connectivity index (χ4n) is 2.49. The Balaban J connectivity index is 2.05. The number of nitrogens with zero attached hydrogens (tertiary/aromatic N) is 3. The lowest BCUT2D eigenvalue weighted by molar-refractivity contribution is -0.384. The number of non-ortho nitro benzene ring substituents is 1. The van der Waals surface area contributed by atoms with E-state index in [0.29, 0.717) is 16.8 Å². The maximum Gasteiger partial charge on any atom is 0.269 e. The molecule has 116 valence electrons. The van der Waals surface area contributed by atoms with Gasteiger partial charge in [-0.3, -0.25) is 14.9 Å². The van der Waals surface area contributed by atoms with Gasteiger partial charge >= 0.3 is 0 Å². The number of nitriles is 1. The summed E-state index contributed by atoms with van der Waals surface area (Å²) in [7, 11) is 0. The van der Waals surface area contributed by atoms with Crippen LogP contribution in [0.3, 0.4) is 0 Å². The van der Waals surface area contributed by atoms with Crippen molar-refractivity contribution in [2.75, 3.05) is 0 Å². The number of carbonyl (C=O) groups excluding carboxylic acids is 1. The highest BCUT2D eigenvalue weighted by Crippen LogP contribution is 2.29. The highest BCUT2D eigenvalue weighted by Gasteiger charge is 2.28. The third-order valence-corrected chi connectivity index (χ3v) is 3.69. The van der Waals surface area contributed by atoms with Crippen LogP contribution in [-0.2, 0) is 4.79 Å². The van der Waals surface area contributed by atoms with Crippen LogP contribution in [-0.4, -0.2) is 16.5 Å². The summed E-state index contributed by atoms with van der Waals surface area (Å²) in [6, 6.07) is 16.9. The summed E-state index contributed by atoms with van der Waals surface area (Å²) in [6.07, 6.45) is 1.69. The van der Waals surface area contributed by atoms with E-state index in [4.69, 9.17) is 0 Å². The molecule has 0 saturated carbocycles. The summed E-state index contributed by atoms with van der Waals surface area (Å²) < 4.78 is 0. The van der Waals surface area contributed by atoms with E-state index in [2.05, 4.69) is 4.99 Å².